The predicted octanol–water partition coefficient (Wildman–Crippen LogP) is 4.48. The highest BCUT2D eigenvalue weighted by Gasteiger charge is 2.27. The van der Waals surface area contributed by atoms with E-state index in [-0.39, 0.29) is 23.7 Å². The number of hydrogen-bond donors (Lipinski definition) is 1. The van der Waals surface area contributed by atoms with Gasteiger partial charge >= 0.3 is 5.97 Å². The van der Waals surface area contributed by atoms with Crippen LogP contribution in [0.3, 0.4) is 0 Å². The van der Waals surface area contributed by atoms with Crippen LogP contribution in [0.25, 0.3) is 11.0 Å². The van der Waals surface area contributed by atoms with E-state index in [1.165, 1.54) is 12.1 Å². The summed E-state index contributed by atoms with van der Waals surface area (Å²) >= 11 is 0. The lowest BCUT2D eigenvalue weighted by molar-refractivity contribution is -0.137. The molecule has 0 atom stereocenters. The second kappa shape index (κ2) is 10.2. The Morgan fingerprint density at radius 3 is 2.53 bits per heavy atom. The molecule has 3 aromatic carbocycles. The zero-order valence-corrected chi connectivity index (χ0v) is 20.2. The molecule has 1 heterocycles. The highest BCUT2D eigenvalue weighted by Crippen LogP contribution is 2.30. The summed E-state index contributed by atoms with van der Waals surface area (Å²) < 4.78 is 43.7. The molecular formula is C26H23FN4O4S. The molecule has 184 valence electrons. The van der Waals surface area contributed by atoms with E-state index in [0.29, 0.717) is 34.4 Å². The molecule has 0 aliphatic rings. The van der Waals surface area contributed by atoms with Crippen molar-refractivity contribution in [1.82, 2.24) is 9.55 Å². The van der Waals surface area contributed by atoms with Crippen LogP contribution in [0, 0.1) is 17.1 Å². The van der Waals surface area contributed by atoms with Crippen molar-refractivity contribution in [2.24, 2.45) is 0 Å². The fraction of sp³-hybridized carbons (Fsp3) is 0.192. The van der Waals surface area contributed by atoms with E-state index in [2.05, 4.69) is 11.1 Å². The lowest BCUT2D eigenvalue weighted by atomic mass is 10.1. The van der Waals surface area contributed by atoms with Gasteiger partial charge in [0.15, 0.2) is 0 Å². The molecule has 0 radical (unpaired) electrons. The number of imidazole rings is 1. The zero-order valence-electron chi connectivity index (χ0n) is 19.4. The number of aryl methyl sites for hydroxylation is 1. The number of carboxylic acid groups (broad SMARTS) is 1. The van der Waals surface area contributed by atoms with Crippen LogP contribution in [0.15, 0.2) is 71.6 Å². The molecule has 0 saturated heterocycles. The van der Waals surface area contributed by atoms with E-state index < -0.39 is 21.8 Å². The topological polar surface area (TPSA) is 116 Å². The first-order valence-corrected chi connectivity index (χ1v) is 12.7. The van der Waals surface area contributed by atoms with E-state index in [0.717, 1.165) is 22.9 Å². The molecule has 4 aromatic rings. The first-order chi connectivity index (χ1) is 17.2. The van der Waals surface area contributed by atoms with Gasteiger partial charge in [0, 0.05) is 6.42 Å². The Bertz CT molecular complexity index is 1570. The second-order valence-electron chi connectivity index (χ2n) is 8.17. The third-order valence-corrected chi connectivity index (χ3v) is 7.51. The number of hydrogen-bond acceptors (Lipinski definition) is 5. The number of sulfonamides is 1. The Morgan fingerprint density at radius 2 is 1.86 bits per heavy atom. The first-order valence-electron chi connectivity index (χ1n) is 11.2. The minimum absolute atomic E-state index is 0.110. The summed E-state index contributed by atoms with van der Waals surface area (Å²) in [6, 6.07) is 18.1. The molecule has 1 aromatic heterocycles. The standard InChI is InChI=1S/C26H23FN4O4S/c1-2-5-25-29-23-14-21(10-13-24(23)30(25)17-26(32)33)31(16-19-7-4-3-6-18(19)15-28)36(34,35)22-11-8-20(27)9-12-22/h3-4,6-14H,2,5,16-17H2,1H3,(H,32,33). The summed E-state index contributed by atoms with van der Waals surface area (Å²) in [5.41, 5.74) is 2.12. The van der Waals surface area contributed by atoms with Crippen molar-refractivity contribution in [2.45, 2.75) is 37.8 Å². The summed E-state index contributed by atoms with van der Waals surface area (Å²) in [6.45, 7) is 1.55. The van der Waals surface area contributed by atoms with Crippen molar-refractivity contribution >= 4 is 32.7 Å². The summed E-state index contributed by atoms with van der Waals surface area (Å²) in [7, 11) is -4.17. The monoisotopic (exact) mass is 506 g/mol. The lowest BCUT2D eigenvalue weighted by Gasteiger charge is -2.25. The number of benzene rings is 3. The molecule has 10 heteroatoms. The van der Waals surface area contributed by atoms with Crippen molar-refractivity contribution in [3.05, 3.63) is 89.5 Å². The molecule has 0 aliphatic heterocycles. The average molecular weight is 507 g/mol. The van der Waals surface area contributed by atoms with Crippen molar-refractivity contribution in [3.8, 4) is 6.07 Å². The van der Waals surface area contributed by atoms with Gasteiger partial charge < -0.3 is 9.67 Å². The Kier molecular flexibility index (Phi) is 7.03. The SMILES string of the molecule is CCCc1nc2cc(N(Cc3ccccc3C#N)S(=O)(=O)c3ccc(F)cc3)ccc2n1CC(=O)O. The molecule has 0 saturated carbocycles. The van der Waals surface area contributed by atoms with Gasteiger partial charge in [-0.3, -0.25) is 9.10 Å². The number of carbonyl (C=O) groups is 1. The highest BCUT2D eigenvalue weighted by molar-refractivity contribution is 7.92. The lowest BCUT2D eigenvalue weighted by Crippen LogP contribution is -2.31. The maximum Gasteiger partial charge on any atom is 0.323 e. The molecule has 4 rings (SSSR count). The molecule has 8 nitrogen and oxygen atoms in total. The molecule has 0 unspecified atom stereocenters. The van der Waals surface area contributed by atoms with Crippen LogP contribution in [0.2, 0.25) is 0 Å². The highest BCUT2D eigenvalue weighted by atomic mass is 32.2. The summed E-state index contributed by atoms with van der Waals surface area (Å²) in [5, 5.41) is 18.9. The number of anilines is 1. The second-order valence-corrected chi connectivity index (χ2v) is 10.0. The van der Waals surface area contributed by atoms with Gasteiger partial charge in [0.25, 0.3) is 10.0 Å². The summed E-state index contributed by atoms with van der Waals surface area (Å²) in [5.74, 6) is -0.983. The van der Waals surface area contributed by atoms with Crippen LogP contribution >= 0.6 is 0 Å². The fourth-order valence-corrected chi connectivity index (χ4v) is 5.45. The maximum atomic E-state index is 13.7. The van der Waals surface area contributed by atoms with Crippen molar-refractivity contribution in [2.75, 3.05) is 4.31 Å². The van der Waals surface area contributed by atoms with E-state index >= 15 is 0 Å². The largest absolute Gasteiger partial charge is 0.480 e. The van der Waals surface area contributed by atoms with Crippen LogP contribution in [-0.4, -0.2) is 29.0 Å². The molecule has 0 fully saturated rings. The van der Waals surface area contributed by atoms with Gasteiger partial charge in [0.1, 0.15) is 18.2 Å². The number of halogens is 1. The van der Waals surface area contributed by atoms with Gasteiger partial charge in [-0.05, 0) is 60.5 Å². The Balaban J connectivity index is 1.88. The summed E-state index contributed by atoms with van der Waals surface area (Å²) in [4.78, 5) is 15.9. The Morgan fingerprint density at radius 1 is 1.14 bits per heavy atom. The van der Waals surface area contributed by atoms with E-state index in [9.17, 15) is 28.0 Å². The van der Waals surface area contributed by atoms with Crippen LogP contribution in [-0.2, 0) is 34.3 Å². The molecule has 0 bridgehead atoms. The van der Waals surface area contributed by atoms with Crippen LogP contribution in [0.5, 0.6) is 0 Å². The maximum absolute atomic E-state index is 13.7. The van der Waals surface area contributed by atoms with Gasteiger partial charge in [0.05, 0.1) is 39.8 Å². The molecule has 36 heavy (non-hydrogen) atoms. The number of aromatic nitrogens is 2. The van der Waals surface area contributed by atoms with Gasteiger partial charge in [-0.2, -0.15) is 5.26 Å². The Hall–Kier alpha value is -4.23. The third-order valence-electron chi connectivity index (χ3n) is 5.72. The van der Waals surface area contributed by atoms with Crippen LogP contribution in [0.4, 0.5) is 10.1 Å². The van der Waals surface area contributed by atoms with Crippen LogP contribution < -0.4 is 4.31 Å². The van der Waals surface area contributed by atoms with Crippen LogP contribution in [0.1, 0.15) is 30.3 Å². The molecule has 0 aliphatic carbocycles. The normalized spacial score (nSPS) is 11.4. The smallest absolute Gasteiger partial charge is 0.323 e. The minimum Gasteiger partial charge on any atom is -0.480 e. The average Bonchev–Trinajstić information content (AvgIpc) is 3.18. The quantitative estimate of drug-likeness (QED) is 0.358. The van der Waals surface area contributed by atoms with E-state index in [4.69, 9.17) is 0 Å². The fourth-order valence-electron chi connectivity index (χ4n) is 4.02. The number of fused-ring (bicyclic) bond motifs is 1. The van der Waals surface area contributed by atoms with Gasteiger partial charge in [-0.25, -0.2) is 17.8 Å². The predicted molar refractivity (Wildman–Crippen MR) is 132 cm³/mol. The number of rotatable bonds is 9. The van der Waals surface area contributed by atoms with Gasteiger partial charge in [-0.15, -0.1) is 0 Å². The first kappa shape index (κ1) is 24.9. The summed E-state index contributed by atoms with van der Waals surface area (Å²) in [6.07, 6.45) is 1.32. The number of nitrogens with zero attached hydrogens (tertiary/aromatic N) is 4. The van der Waals surface area contributed by atoms with Gasteiger partial charge in [-0.1, -0.05) is 25.1 Å². The molecule has 1 N–H and O–H groups in total. The van der Waals surface area contributed by atoms with Gasteiger partial charge in [0.2, 0.25) is 0 Å². The van der Waals surface area contributed by atoms with E-state index in [1.54, 1.807) is 47.0 Å². The van der Waals surface area contributed by atoms with E-state index in [1.807, 2.05) is 6.92 Å². The number of aliphatic carboxylic acids is 1. The molecular weight excluding hydrogens is 483 g/mol. The number of nitriles is 1. The molecule has 0 amide bonds. The molecule has 0 spiro atoms. The minimum atomic E-state index is -4.17. The van der Waals surface area contributed by atoms with Crippen molar-refractivity contribution in [1.29, 1.82) is 5.26 Å². The van der Waals surface area contributed by atoms with Crippen molar-refractivity contribution in [3.63, 3.8) is 0 Å². The Labute approximate surface area is 207 Å². The zero-order chi connectivity index (χ0) is 25.9. The number of carboxylic acids is 1. The van der Waals surface area contributed by atoms with Crippen molar-refractivity contribution < 1.29 is 22.7 Å². The third kappa shape index (κ3) is 4.92.